The molecule has 0 bridgehead atoms. The van der Waals surface area contributed by atoms with Gasteiger partial charge in [0, 0.05) is 26.2 Å². The fourth-order valence-electron chi connectivity index (χ4n) is 4.06. The van der Waals surface area contributed by atoms with E-state index in [1.54, 1.807) is 59.2 Å². The molecule has 1 aliphatic rings. The van der Waals surface area contributed by atoms with Gasteiger partial charge in [-0.25, -0.2) is 4.79 Å². The van der Waals surface area contributed by atoms with Crippen LogP contribution in [0.1, 0.15) is 29.7 Å². The second kappa shape index (κ2) is 8.67. The lowest BCUT2D eigenvalue weighted by Crippen LogP contribution is -2.41. The van der Waals surface area contributed by atoms with Crippen molar-refractivity contribution < 1.29 is 18.7 Å². The number of para-hydroxylation sites is 3. The van der Waals surface area contributed by atoms with E-state index >= 15 is 0 Å². The first-order valence-corrected chi connectivity index (χ1v) is 10.3. The second-order valence-electron chi connectivity index (χ2n) is 7.55. The van der Waals surface area contributed by atoms with Crippen LogP contribution in [-0.4, -0.2) is 59.5 Å². The summed E-state index contributed by atoms with van der Waals surface area (Å²) in [5, 5.41) is 0. The molecular weight excluding hydrogens is 398 g/mol. The summed E-state index contributed by atoms with van der Waals surface area (Å²) in [5.74, 6) is -0.300. The first kappa shape index (κ1) is 20.7. The van der Waals surface area contributed by atoms with Crippen LogP contribution in [0.2, 0.25) is 0 Å². The topological polar surface area (TPSA) is 85.0 Å². The number of hydrogen-bond donors (Lipinski definition) is 0. The van der Waals surface area contributed by atoms with E-state index in [-0.39, 0.29) is 11.8 Å². The third-order valence-corrected chi connectivity index (χ3v) is 5.70. The minimum Gasteiger partial charge on any atom is -0.496 e. The number of amides is 2. The molecule has 0 saturated carbocycles. The summed E-state index contributed by atoms with van der Waals surface area (Å²) in [5.41, 5.74) is 1.56. The normalized spacial score (nSPS) is 15.5. The molecule has 2 aromatic carbocycles. The Hall–Kier alpha value is -3.55. The number of methoxy groups -OCH3 is 1. The molecule has 162 valence electrons. The first-order chi connectivity index (χ1) is 15.0. The van der Waals surface area contributed by atoms with Crippen LogP contribution in [0.4, 0.5) is 0 Å². The van der Waals surface area contributed by atoms with Gasteiger partial charge in [0.05, 0.1) is 18.2 Å². The maximum Gasteiger partial charge on any atom is 0.420 e. The number of oxazole rings is 1. The number of rotatable bonds is 4. The van der Waals surface area contributed by atoms with Crippen LogP contribution >= 0.6 is 0 Å². The Morgan fingerprint density at radius 3 is 2.45 bits per heavy atom. The van der Waals surface area contributed by atoms with Crippen molar-refractivity contribution in [2.75, 3.05) is 33.3 Å². The summed E-state index contributed by atoms with van der Waals surface area (Å²) >= 11 is 0. The zero-order valence-electron chi connectivity index (χ0n) is 17.6. The van der Waals surface area contributed by atoms with Gasteiger partial charge in [0.2, 0.25) is 5.91 Å². The van der Waals surface area contributed by atoms with Crippen molar-refractivity contribution in [2.45, 2.75) is 19.4 Å². The standard InChI is InChI=1S/C23H25N3O5/c1-16(26-18-9-4-6-11-20(18)31-23(26)29)21(27)24-12-7-13-25(15-14-24)22(28)17-8-3-5-10-19(17)30-2/h3-6,8-11,16H,7,12-15H2,1-2H3. The molecule has 2 heterocycles. The fraction of sp³-hybridized carbons (Fsp3) is 0.348. The average Bonchev–Trinajstić information content (AvgIpc) is 2.96. The van der Waals surface area contributed by atoms with E-state index in [0.717, 1.165) is 0 Å². The van der Waals surface area contributed by atoms with Gasteiger partial charge in [-0.1, -0.05) is 24.3 Å². The molecule has 0 aliphatic carbocycles. The predicted octanol–water partition coefficient (Wildman–Crippen LogP) is 2.54. The number of ether oxygens (including phenoxy) is 1. The van der Waals surface area contributed by atoms with Crippen LogP contribution in [0, 0.1) is 0 Å². The molecule has 2 amide bonds. The van der Waals surface area contributed by atoms with Crippen LogP contribution in [0.15, 0.2) is 57.7 Å². The molecule has 4 rings (SSSR count). The van der Waals surface area contributed by atoms with Gasteiger partial charge in [0.25, 0.3) is 5.91 Å². The summed E-state index contributed by atoms with van der Waals surface area (Å²) in [6.45, 7) is 3.58. The quantitative estimate of drug-likeness (QED) is 0.644. The van der Waals surface area contributed by atoms with Crippen molar-refractivity contribution in [3.05, 3.63) is 64.6 Å². The molecule has 1 aliphatic heterocycles. The van der Waals surface area contributed by atoms with Gasteiger partial charge in [-0.15, -0.1) is 0 Å². The Morgan fingerprint density at radius 2 is 1.65 bits per heavy atom. The van der Waals surface area contributed by atoms with Crippen molar-refractivity contribution in [1.29, 1.82) is 0 Å². The number of carbonyl (C=O) groups is 2. The lowest BCUT2D eigenvalue weighted by atomic mass is 10.1. The van der Waals surface area contributed by atoms with E-state index in [4.69, 9.17) is 9.15 Å². The minimum atomic E-state index is -0.701. The van der Waals surface area contributed by atoms with Crippen molar-refractivity contribution in [2.24, 2.45) is 0 Å². The predicted molar refractivity (Wildman–Crippen MR) is 115 cm³/mol. The zero-order chi connectivity index (χ0) is 22.0. The summed E-state index contributed by atoms with van der Waals surface area (Å²) in [6, 6.07) is 13.5. The third-order valence-electron chi connectivity index (χ3n) is 5.70. The van der Waals surface area contributed by atoms with E-state index < -0.39 is 11.8 Å². The molecule has 1 fully saturated rings. The molecule has 0 radical (unpaired) electrons. The highest BCUT2D eigenvalue weighted by molar-refractivity contribution is 5.97. The molecule has 31 heavy (non-hydrogen) atoms. The van der Waals surface area contributed by atoms with E-state index in [2.05, 4.69) is 0 Å². The van der Waals surface area contributed by atoms with Gasteiger partial charge >= 0.3 is 5.76 Å². The number of benzene rings is 2. The number of hydrogen-bond acceptors (Lipinski definition) is 5. The van der Waals surface area contributed by atoms with E-state index in [9.17, 15) is 14.4 Å². The minimum absolute atomic E-state index is 0.114. The highest BCUT2D eigenvalue weighted by Gasteiger charge is 2.29. The molecule has 3 aromatic rings. The molecular formula is C23H25N3O5. The number of carbonyl (C=O) groups excluding carboxylic acids is 2. The van der Waals surface area contributed by atoms with Crippen molar-refractivity contribution >= 4 is 22.9 Å². The van der Waals surface area contributed by atoms with Gasteiger partial charge in [0.15, 0.2) is 5.58 Å². The smallest absolute Gasteiger partial charge is 0.420 e. The largest absolute Gasteiger partial charge is 0.496 e. The van der Waals surface area contributed by atoms with Crippen LogP contribution in [0.5, 0.6) is 5.75 Å². The highest BCUT2D eigenvalue weighted by Crippen LogP contribution is 2.22. The average molecular weight is 423 g/mol. The Balaban J connectivity index is 1.49. The van der Waals surface area contributed by atoms with Crippen LogP contribution in [0.25, 0.3) is 11.1 Å². The van der Waals surface area contributed by atoms with Crippen LogP contribution < -0.4 is 10.5 Å². The third kappa shape index (κ3) is 3.93. The van der Waals surface area contributed by atoms with Crippen molar-refractivity contribution in [3.8, 4) is 5.75 Å². The van der Waals surface area contributed by atoms with E-state index in [0.29, 0.717) is 55.0 Å². The Morgan fingerprint density at radius 1 is 0.968 bits per heavy atom. The number of aromatic nitrogens is 1. The molecule has 0 N–H and O–H groups in total. The monoisotopic (exact) mass is 423 g/mol. The van der Waals surface area contributed by atoms with Gasteiger partial charge in [-0.2, -0.15) is 0 Å². The summed E-state index contributed by atoms with van der Waals surface area (Å²) in [4.78, 5) is 42.0. The number of nitrogens with zero attached hydrogens (tertiary/aromatic N) is 3. The molecule has 8 nitrogen and oxygen atoms in total. The Bertz CT molecular complexity index is 1170. The second-order valence-corrected chi connectivity index (χ2v) is 7.55. The molecule has 1 unspecified atom stereocenters. The summed E-state index contributed by atoms with van der Waals surface area (Å²) in [6.07, 6.45) is 0.653. The molecule has 1 atom stereocenters. The number of fused-ring (bicyclic) bond motifs is 1. The van der Waals surface area contributed by atoms with Gasteiger partial charge < -0.3 is 19.0 Å². The molecule has 0 spiro atoms. The van der Waals surface area contributed by atoms with Crippen LogP contribution in [-0.2, 0) is 4.79 Å². The van der Waals surface area contributed by atoms with E-state index in [1.165, 1.54) is 11.7 Å². The molecule has 1 saturated heterocycles. The Kier molecular flexibility index (Phi) is 5.79. The van der Waals surface area contributed by atoms with Crippen molar-refractivity contribution in [3.63, 3.8) is 0 Å². The lowest BCUT2D eigenvalue weighted by Gasteiger charge is -2.25. The van der Waals surface area contributed by atoms with Gasteiger partial charge in [0.1, 0.15) is 11.8 Å². The SMILES string of the molecule is COc1ccccc1C(=O)N1CCCN(C(=O)C(C)n2c(=O)oc3ccccc32)CC1. The Labute approximate surface area is 179 Å². The fourth-order valence-corrected chi connectivity index (χ4v) is 4.06. The maximum atomic E-state index is 13.2. The zero-order valence-corrected chi connectivity index (χ0v) is 17.6. The van der Waals surface area contributed by atoms with Crippen LogP contribution in [0.3, 0.4) is 0 Å². The van der Waals surface area contributed by atoms with E-state index in [1.807, 2.05) is 6.07 Å². The lowest BCUT2D eigenvalue weighted by molar-refractivity contribution is -0.134. The van der Waals surface area contributed by atoms with Gasteiger partial charge in [-0.05, 0) is 37.6 Å². The van der Waals surface area contributed by atoms with Crippen molar-refractivity contribution in [1.82, 2.24) is 14.4 Å². The maximum absolute atomic E-state index is 13.2. The first-order valence-electron chi connectivity index (χ1n) is 10.3. The summed E-state index contributed by atoms with van der Waals surface area (Å²) in [7, 11) is 1.54. The highest BCUT2D eigenvalue weighted by atomic mass is 16.5. The summed E-state index contributed by atoms with van der Waals surface area (Å²) < 4.78 is 12.0. The van der Waals surface area contributed by atoms with Gasteiger partial charge in [-0.3, -0.25) is 14.2 Å². The molecule has 1 aromatic heterocycles. The molecule has 8 heteroatoms.